The minimum atomic E-state index is -0.288. The topological polar surface area (TPSA) is 76.6 Å². The highest BCUT2D eigenvalue weighted by molar-refractivity contribution is 6.03. The number of nitrogens with one attached hydrogen (secondary N) is 1. The molecule has 1 amide bonds. The lowest BCUT2D eigenvalue weighted by Crippen LogP contribution is -2.37. The van der Waals surface area contributed by atoms with E-state index >= 15 is 0 Å². The van der Waals surface area contributed by atoms with Crippen LogP contribution in [-0.2, 0) is 4.74 Å². The number of ether oxygens (including phenoxy) is 2. The second-order valence-corrected chi connectivity index (χ2v) is 6.58. The van der Waals surface area contributed by atoms with Crippen molar-refractivity contribution >= 4 is 17.4 Å². The SMILES string of the molecule is COc1ccc(NC(=O)c2cc(N3CCOCC3)nc(-c3ccccc3)n2)cc1. The second-order valence-electron chi connectivity index (χ2n) is 6.58. The van der Waals surface area contributed by atoms with Crippen LogP contribution < -0.4 is 15.0 Å². The van der Waals surface area contributed by atoms with Gasteiger partial charge in [0.2, 0.25) is 0 Å². The maximum absolute atomic E-state index is 12.9. The van der Waals surface area contributed by atoms with Crippen LogP contribution in [0.5, 0.6) is 5.75 Å². The van der Waals surface area contributed by atoms with Crippen molar-refractivity contribution in [1.29, 1.82) is 0 Å². The molecule has 1 saturated heterocycles. The molecule has 0 spiro atoms. The first kappa shape index (κ1) is 18.9. The van der Waals surface area contributed by atoms with Gasteiger partial charge in [-0.15, -0.1) is 0 Å². The molecule has 1 aromatic heterocycles. The summed E-state index contributed by atoms with van der Waals surface area (Å²) in [7, 11) is 1.60. The van der Waals surface area contributed by atoms with Crippen molar-refractivity contribution in [3.63, 3.8) is 0 Å². The predicted molar refractivity (Wildman–Crippen MR) is 111 cm³/mol. The fourth-order valence-corrected chi connectivity index (χ4v) is 3.09. The first-order chi connectivity index (χ1) is 14.2. The zero-order valence-electron chi connectivity index (χ0n) is 16.2. The van der Waals surface area contributed by atoms with Gasteiger partial charge in [-0.25, -0.2) is 9.97 Å². The van der Waals surface area contributed by atoms with E-state index in [1.54, 1.807) is 37.4 Å². The van der Waals surface area contributed by atoms with E-state index in [-0.39, 0.29) is 5.91 Å². The summed E-state index contributed by atoms with van der Waals surface area (Å²) in [4.78, 5) is 24.2. The van der Waals surface area contributed by atoms with Gasteiger partial charge in [-0.1, -0.05) is 30.3 Å². The number of methoxy groups -OCH3 is 1. The number of nitrogens with zero attached hydrogens (tertiary/aromatic N) is 3. The Morgan fingerprint density at radius 2 is 1.76 bits per heavy atom. The van der Waals surface area contributed by atoms with Gasteiger partial charge in [0.25, 0.3) is 5.91 Å². The smallest absolute Gasteiger partial charge is 0.274 e. The Kier molecular flexibility index (Phi) is 5.67. The third-order valence-electron chi connectivity index (χ3n) is 4.66. The summed E-state index contributed by atoms with van der Waals surface area (Å²) in [6, 6.07) is 18.6. The van der Waals surface area contributed by atoms with Gasteiger partial charge < -0.3 is 19.7 Å². The number of rotatable bonds is 5. The van der Waals surface area contributed by atoms with Crippen LogP contribution in [0.2, 0.25) is 0 Å². The highest BCUT2D eigenvalue weighted by Crippen LogP contribution is 2.22. The van der Waals surface area contributed by atoms with Crippen molar-refractivity contribution < 1.29 is 14.3 Å². The minimum Gasteiger partial charge on any atom is -0.497 e. The molecular weight excluding hydrogens is 368 g/mol. The van der Waals surface area contributed by atoms with Crippen molar-refractivity contribution in [2.75, 3.05) is 43.6 Å². The molecule has 0 radical (unpaired) electrons. The van der Waals surface area contributed by atoms with Crippen LogP contribution >= 0.6 is 0 Å². The molecule has 2 heterocycles. The van der Waals surface area contributed by atoms with Crippen LogP contribution in [0, 0.1) is 0 Å². The number of aromatic nitrogens is 2. The fraction of sp³-hybridized carbons (Fsp3) is 0.227. The summed E-state index contributed by atoms with van der Waals surface area (Å²) in [6.07, 6.45) is 0. The Bertz CT molecular complexity index is 971. The van der Waals surface area contributed by atoms with Crippen LogP contribution in [0.3, 0.4) is 0 Å². The predicted octanol–water partition coefficient (Wildman–Crippen LogP) is 3.24. The quantitative estimate of drug-likeness (QED) is 0.721. The van der Waals surface area contributed by atoms with Gasteiger partial charge in [0.05, 0.1) is 20.3 Å². The lowest BCUT2D eigenvalue weighted by atomic mass is 10.2. The molecule has 0 saturated carbocycles. The van der Waals surface area contributed by atoms with E-state index in [0.717, 1.165) is 30.2 Å². The number of amides is 1. The number of morpholine rings is 1. The maximum Gasteiger partial charge on any atom is 0.274 e. The maximum atomic E-state index is 12.9. The van der Waals surface area contributed by atoms with E-state index in [1.165, 1.54) is 0 Å². The van der Waals surface area contributed by atoms with Crippen LogP contribution in [0.25, 0.3) is 11.4 Å². The summed E-state index contributed by atoms with van der Waals surface area (Å²) in [5.74, 6) is 1.69. The molecule has 1 aliphatic heterocycles. The number of carbonyl (C=O) groups excluding carboxylic acids is 1. The summed E-state index contributed by atoms with van der Waals surface area (Å²) in [5, 5.41) is 2.89. The Morgan fingerprint density at radius 3 is 2.45 bits per heavy atom. The van der Waals surface area contributed by atoms with Gasteiger partial charge in [0, 0.05) is 30.4 Å². The molecule has 7 nitrogen and oxygen atoms in total. The van der Waals surface area contributed by atoms with Crippen molar-refractivity contribution in [2.24, 2.45) is 0 Å². The average Bonchev–Trinajstić information content (AvgIpc) is 2.80. The van der Waals surface area contributed by atoms with Gasteiger partial charge in [-0.05, 0) is 24.3 Å². The second kappa shape index (κ2) is 8.70. The first-order valence-corrected chi connectivity index (χ1v) is 9.45. The summed E-state index contributed by atoms with van der Waals surface area (Å²) >= 11 is 0. The molecule has 1 N–H and O–H groups in total. The van der Waals surface area contributed by atoms with Crippen molar-refractivity contribution in [3.05, 3.63) is 66.4 Å². The average molecular weight is 390 g/mol. The van der Waals surface area contributed by atoms with Crippen LogP contribution in [-0.4, -0.2) is 49.3 Å². The fourth-order valence-electron chi connectivity index (χ4n) is 3.09. The molecule has 148 valence electrons. The van der Waals surface area contributed by atoms with Gasteiger partial charge in [-0.2, -0.15) is 0 Å². The van der Waals surface area contributed by atoms with Crippen molar-refractivity contribution in [2.45, 2.75) is 0 Å². The van der Waals surface area contributed by atoms with Crippen LogP contribution in [0.1, 0.15) is 10.5 Å². The van der Waals surface area contributed by atoms with Crippen LogP contribution in [0.4, 0.5) is 11.5 Å². The summed E-state index contributed by atoms with van der Waals surface area (Å²) in [6.45, 7) is 2.73. The number of carbonyl (C=O) groups is 1. The lowest BCUT2D eigenvalue weighted by molar-refractivity contribution is 0.102. The molecule has 1 fully saturated rings. The van der Waals surface area contributed by atoms with Crippen LogP contribution in [0.15, 0.2) is 60.7 Å². The van der Waals surface area contributed by atoms with E-state index in [2.05, 4.69) is 15.2 Å². The minimum absolute atomic E-state index is 0.288. The Hall–Kier alpha value is -3.45. The number of anilines is 2. The van der Waals surface area contributed by atoms with E-state index in [1.807, 2.05) is 30.3 Å². The normalized spacial score (nSPS) is 13.8. The number of hydrogen-bond donors (Lipinski definition) is 1. The number of hydrogen-bond acceptors (Lipinski definition) is 6. The molecule has 2 aromatic carbocycles. The summed E-state index contributed by atoms with van der Waals surface area (Å²) < 4.78 is 10.6. The molecule has 7 heteroatoms. The standard InChI is InChI=1S/C22H22N4O3/c1-28-18-9-7-17(8-10-18)23-22(27)19-15-20(26-11-13-29-14-12-26)25-21(24-19)16-5-3-2-4-6-16/h2-10,15H,11-14H2,1H3,(H,23,27). The first-order valence-electron chi connectivity index (χ1n) is 9.45. The third kappa shape index (κ3) is 4.52. The molecule has 0 atom stereocenters. The number of benzene rings is 2. The van der Waals surface area contributed by atoms with E-state index in [0.29, 0.717) is 30.4 Å². The zero-order valence-corrected chi connectivity index (χ0v) is 16.2. The van der Waals surface area contributed by atoms with Gasteiger partial charge in [-0.3, -0.25) is 4.79 Å². The molecule has 29 heavy (non-hydrogen) atoms. The lowest BCUT2D eigenvalue weighted by Gasteiger charge is -2.28. The Balaban J connectivity index is 1.65. The Morgan fingerprint density at radius 1 is 1.03 bits per heavy atom. The molecule has 0 aliphatic carbocycles. The van der Waals surface area contributed by atoms with Crippen molar-refractivity contribution in [1.82, 2.24) is 9.97 Å². The molecule has 3 aromatic rings. The molecule has 0 bridgehead atoms. The van der Waals surface area contributed by atoms with Crippen molar-refractivity contribution in [3.8, 4) is 17.1 Å². The van der Waals surface area contributed by atoms with Gasteiger partial charge in [0.15, 0.2) is 5.82 Å². The molecule has 1 aliphatic rings. The van der Waals surface area contributed by atoms with E-state index in [4.69, 9.17) is 14.5 Å². The Labute approximate surface area is 169 Å². The largest absolute Gasteiger partial charge is 0.497 e. The molecular formula is C22H22N4O3. The highest BCUT2D eigenvalue weighted by Gasteiger charge is 2.18. The monoisotopic (exact) mass is 390 g/mol. The zero-order chi connectivity index (χ0) is 20.1. The molecule has 4 rings (SSSR count). The molecule has 0 unspecified atom stereocenters. The van der Waals surface area contributed by atoms with E-state index in [9.17, 15) is 4.79 Å². The summed E-state index contributed by atoms with van der Waals surface area (Å²) in [5.41, 5.74) is 1.85. The third-order valence-corrected chi connectivity index (χ3v) is 4.66. The van der Waals surface area contributed by atoms with E-state index < -0.39 is 0 Å². The van der Waals surface area contributed by atoms with Gasteiger partial charge >= 0.3 is 0 Å². The highest BCUT2D eigenvalue weighted by atomic mass is 16.5. The van der Waals surface area contributed by atoms with Gasteiger partial charge in [0.1, 0.15) is 17.3 Å².